The topological polar surface area (TPSA) is 93.5 Å². The van der Waals surface area contributed by atoms with E-state index in [0.717, 1.165) is 5.69 Å². The van der Waals surface area contributed by atoms with Crippen molar-refractivity contribution in [1.82, 2.24) is 14.9 Å². The van der Waals surface area contributed by atoms with Crippen LogP contribution in [-0.2, 0) is 9.53 Å². The number of amides is 1. The minimum atomic E-state index is -1.34. The summed E-state index contributed by atoms with van der Waals surface area (Å²) >= 11 is 0. The van der Waals surface area contributed by atoms with E-state index in [0.29, 0.717) is 12.2 Å². The van der Waals surface area contributed by atoms with Crippen LogP contribution >= 0.6 is 0 Å². The third kappa shape index (κ3) is 2.78. The zero-order valence-electron chi connectivity index (χ0n) is 15.1. The Morgan fingerprint density at radius 1 is 1.35 bits per heavy atom. The summed E-state index contributed by atoms with van der Waals surface area (Å²) in [6.07, 6.45) is 5.19. The van der Waals surface area contributed by atoms with Gasteiger partial charge < -0.3 is 19.7 Å². The van der Waals surface area contributed by atoms with Gasteiger partial charge in [-0.2, -0.15) is 0 Å². The highest BCUT2D eigenvalue weighted by atomic mass is 16.5. The number of benzene rings is 1. The lowest BCUT2D eigenvalue weighted by atomic mass is 9.54. The molecule has 0 spiro atoms. The van der Waals surface area contributed by atoms with Crippen molar-refractivity contribution < 1.29 is 19.4 Å². The molecule has 26 heavy (non-hydrogen) atoms. The van der Waals surface area contributed by atoms with Gasteiger partial charge in [0.25, 0.3) is 5.91 Å². The second-order valence-electron chi connectivity index (χ2n) is 7.05. The van der Waals surface area contributed by atoms with Gasteiger partial charge in [0.1, 0.15) is 5.54 Å². The molecule has 7 heteroatoms. The van der Waals surface area contributed by atoms with Crippen LogP contribution < -0.4 is 5.32 Å². The largest absolute Gasteiger partial charge is 0.479 e. The molecular formula is C19H23N3O4. The number of nitrogens with one attached hydrogen (secondary N) is 1. The number of ether oxygens (including phenoxy) is 1. The van der Waals surface area contributed by atoms with Crippen LogP contribution in [0.2, 0.25) is 0 Å². The molecular weight excluding hydrogens is 334 g/mol. The number of aromatic nitrogens is 2. The Morgan fingerprint density at radius 2 is 2.04 bits per heavy atom. The molecule has 0 saturated heterocycles. The Bertz CT molecular complexity index is 799. The second kappa shape index (κ2) is 6.57. The molecule has 138 valence electrons. The molecule has 1 amide bonds. The van der Waals surface area contributed by atoms with Crippen molar-refractivity contribution in [2.75, 3.05) is 6.61 Å². The number of carbonyl (C=O) groups is 2. The maximum absolute atomic E-state index is 12.7. The standard InChI is InChI=1S/C19H23N3O4/c1-4-26-15-11-19(17(24)25,18(15,2)3)21-16(23)13-5-7-14(8-6-13)22-10-9-20-12-22/h5-10,12,15H,4,11H2,1-3H3,(H,21,23)(H,24,25). The molecule has 0 bridgehead atoms. The SMILES string of the molecule is CCOC1CC(NC(=O)c2ccc(-n3ccnc3)cc2)(C(=O)O)C1(C)C. The second-order valence-corrected chi connectivity index (χ2v) is 7.05. The van der Waals surface area contributed by atoms with Crippen LogP contribution in [-0.4, -0.2) is 44.8 Å². The van der Waals surface area contributed by atoms with Gasteiger partial charge in [0, 0.05) is 42.1 Å². The third-order valence-corrected chi connectivity index (χ3v) is 5.39. The molecule has 1 aliphatic rings. The molecule has 0 radical (unpaired) electrons. The zero-order chi connectivity index (χ0) is 18.9. The van der Waals surface area contributed by atoms with Crippen molar-refractivity contribution in [2.45, 2.75) is 38.8 Å². The highest BCUT2D eigenvalue weighted by Gasteiger charge is 2.66. The van der Waals surface area contributed by atoms with Crippen LogP contribution in [0.3, 0.4) is 0 Å². The minimum Gasteiger partial charge on any atom is -0.479 e. The van der Waals surface area contributed by atoms with E-state index in [9.17, 15) is 14.7 Å². The average Bonchev–Trinajstić information content (AvgIpc) is 3.15. The predicted octanol–water partition coefficient (Wildman–Crippen LogP) is 2.26. The number of carbonyl (C=O) groups excluding carboxylic acids is 1. The molecule has 2 atom stereocenters. The lowest BCUT2D eigenvalue weighted by Crippen LogP contribution is -2.76. The minimum absolute atomic E-state index is 0.201. The molecule has 3 rings (SSSR count). The van der Waals surface area contributed by atoms with Crippen LogP contribution in [0.4, 0.5) is 0 Å². The van der Waals surface area contributed by atoms with E-state index in [4.69, 9.17) is 4.74 Å². The Labute approximate surface area is 152 Å². The highest BCUT2D eigenvalue weighted by molar-refractivity contribution is 5.98. The van der Waals surface area contributed by atoms with Gasteiger partial charge in [-0.15, -0.1) is 0 Å². The van der Waals surface area contributed by atoms with Crippen molar-refractivity contribution in [1.29, 1.82) is 0 Å². The highest BCUT2D eigenvalue weighted by Crippen LogP contribution is 2.51. The Kier molecular flexibility index (Phi) is 4.58. The predicted molar refractivity (Wildman–Crippen MR) is 95.2 cm³/mol. The van der Waals surface area contributed by atoms with E-state index < -0.39 is 22.8 Å². The van der Waals surface area contributed by atoms with Crippen molar-refractivity contribution in [3.63, 3.8) is 0 Å². The molecule has 1 aromatic carbocycles. The molecule has 1 aliphatic carbocycles. The van der Waals surface area contributed by atoms with Crippen molar-refractivity contribution in [3.05, 3.63) is 48.5 Å². The number of rotatable bonds is 6. The van der Waals surface area contributed by atoms with Crippen molar-refractivity contribution in [3.8, 4) is 5.69 Å². The van der Waals surface area contributed by atoms with Gasteiger partial charge in [-0.3, -0.25) is 4.79 Å². The van der Waals surface area contributed by atoms with Crippen LogP contribution in [0.15, 0.2) is 43.0 Å². The maximum Gasteiger partial charge on any atom is 0.330 e. The van der Waals surface area contributed by atoms with Crippen molar-refractivity contribution >= 4 is 11.9 Å². The summed E-state index contributed by atoms with van der Waals surface area (Å²) in [6.45, 7) is 6.01. The summed E-state index contributed by atoms with van der Waals surface area (Å²) in [6, 6.07) is 6.93. The molecule has 1 saturated carbocycles. The van der Waals surface area contributed by atoms with Gasteiger partial charge in [0.15, 0.2) is 0 Å². The number of carboxylic acids is 1. The number of nitrogens with zero attached hydrogens (tertiary/aromatic N) is 2. The van der Waals surface area contributed by atoms with Crippen molar-refractivity contribution in [2.24, 2.45) is 5.41 Å². The van der Waals surface area contributed by atoms with E-state index in [1.807, 2.05) is 25.3 Å². The van der Waals surface area contributed by atoms with E-state index >= 15 is 0 Å². The number of carboxylic acid groups (broad SMARTS) is 1. The van der Waals surface area contributed by atoms with Gasteiger partial charge in [0.2, 0.25) is 0 Å². The summed E-state index contributed by atoms with van der Waals surface area (Å²) in [5, 5.41) is 12.5. The summed E-state index contributed by atoms with van der Waals surface area (Å²) in [5.74, 6) is -1.45. The zero-order valence-corrected chi connectivity index (χ0v) is 15.1. The summed E-state index contributed by atoms with van der Waals surface area (Å²) < 4.78 is 7.44. The maximum atomic E-state index is 12.7. The number of imidazole rings is 1. The monoisotopic (exact) mass is 357 g/mol. The lowest BCUT2D eigenvalue weighted by Gasteiger charge is -2.58. The van der Waals surface area contributed by atoms with Crippen LogP contribution in [0.1, 0.15) is 37.6 Å². The van der Waals surface area contributed by atoms with E-state index in [-0.39, 0.29) is 12.5 Å². The molecule has 2 N–H and O–H groups in total. The van der Waals surface area contributed by atoms with Gasteiger partial charge in [-0.25, -0.2) is 9.78 Å². The number of hydrogen-bond acceptors (Lipinski definition) is 4. The molecule has 2 unspecified atom stereocenters. The molecule has 1 heterocycles. The Balaban J connectivity index is 1.78. The summed E-state index contributed by atoms with van der Waals surface area (Å²) in [5.41, 5.74) is -0.772. The van der Waals surface area contributed by atoms with Crippen LogP contribution in [0, 0.1) is 5.41 Å². The molecule has 0 aliphatic heterocycles. The summed E-state index contributed by atoms with van der Waals surface area (Å²) in [7, 11) is 0. The fraction of sp³-hybridized carbons (Fsp3) is 0.421. The van der Waals surface area contributed by atoms with Crippen LogP contribution in [0.25, 0.3) is 5.69 Å². The first kappa shape index (κ1) is 18.1. The van der Waals surface area contributed by atoms with Gasteiger partial charge in [-0.1, -0.05) is 13.8 Å². The van der Waals surface area contributed by atoms with E-state index in [1.165, 1.54) is 0 Å². The van der Waals surface area contributed by atoms with Crippen LogP contribution in [0.5, 0.6) is 0 Å². The van der Waals surface area contributed by atoms with Gasteiger partial charge >= 0.3 is 5.97 Å². The first-order valence-electron chi connectivity index (χ1n) is 8.57. The average molecular weight is 357 g/mol. The van der Waals surface area contributed by atoms with Gasteiger partial charge in [-0.05, 0) is 31.2 Å². The third-order valence-electron chi connectivity index (χ3n) is 5.39. The normalized spacial score (nSPS) is 23.9. The molecule has 7 nitrogen and oxygen atoms in total. The molecule has 1 aromatic heterocycles. The first-order chi connectivity index (χ1) is 12.3. The molecule has 2 aromatic rings. The quantitative estimate of drug-likeness (QED) is 0.827. The van der Waals surface area contributed by atoms with E-state index in [2.05, 4.69) is 10.3 Å². The van der Waals surface area contributed by atoms with Gasteiger partial charge in [0.05, 0.1) is 12.4 Å². The number of aliphatic carboxylic acids is 1. The summed E-state index contributed by atoms with van der Waals surface area (Å²) in [4.78, 5) is 28.6. The first-order valence-corrected chi connectivity index (χ1v) is 8.57. The smallest absolute Gasteiger partial charge is 0.330 e. The lowest BCUT2D eigenvalue weighted by molar-refractivity contribution is -0.190. The molecule has 1 fully saturated rings. The fourth-order valence-corrected chi connectivity index (χ4v) is 3.50. The Morgan fingerprint density at radius 3 is 2.54 bits per heavy atom. The van der Waals surface area contributed by atoms with E-state index in [1.54, 1.807) is 43.0 Å². The number of hydrogen-bond donors (Lipinski definition) is 2. The fourth-order valence-electron chi connectivity index (χ4n) is 3.50. The Hall–Kier alpha value is -2.67.